The van der Waals surface area contributed by atoms with Crippen LogP contribution in [0.5, 0.6) is 0 Å². The van der Waals surface area contributed by atoms with Crippen LogP contribution in [0, 0.1) is 0 Å². The number of hydrogen-bond donors (Lipinski definition) is 0. The average molecular weight is 393 g/mol. The van der Waals surface area contributed by atoms with Gasteiger partial charge in [-0.2, -0.15) is 0 Å². The standard InChI is InChI=1S/C21H13BrO3/c22-20-11-10-18(24-20)12-17-13-19(25-21(17)23)16-8-6-15(7-9-16)14-4-2-1-3-5-14/h1-13H/b17-12-. The Balaban J connectivity index is 1.61. The van der Waals surface area contributed by atoms with Crippen molar-refractivity contribution in [2.75, 3.05) is 0 Å². The van der Waals surface area contributed by atoms with Crippen LogP contribution in [-0.4, -0.2) is 5.97 Å². The van der Waals surface area contributed by atoms with E-state index in [1.807, 2.05) is 42.5 Å². The third kappa shape index (κ3) is 3.35. The van der Waals surface area contributed by atoms with E-state index in [0.717, 1.165) is 16.7 Å². The van der Waals surface area contributed by atoms with Gasteiger partial charge in [0, 0.05) is 5.56 Å². The summed E-state index contributed by atoms with van der Waals surface area (Å²) in [4.78, 5) is 12.1. The summed E-state index contributed by atoms with van der Waals surface area (Å²) in [5, 5.41) is 0. The second-order valence-electron chi connectivity index (χ2n) is 5.58. The highest BCUT2D eigenvalue weighted by molar-refractivity contribution is 9.10. The monoisotopic (exact) mass is 392 g/mol. The summed E-state index contributed by atoms with van der Waals surface area (Å²) in [6.45, 7) is 0. The van der Waals surface area contributed by atoms with E-state index in [1.165, 1.54) is 0 Å². The van der Waals surface area contributed by atoms with Crippen LogP contribution in [0.15, 0.2) is 87.5 Å². The highest BCUT2D eigenvalue weighted by atomic mass is 79.9. The molecular formula is C21H13BrO3. The Bertz CT molecular complexity index is 979. The predicted molar refractivity (Wildman–Crippen MR) is 100 cm³/mol. The largest absolute Gasteiger partial charge is 0.450 e. The van der Waals surface area contributed by atoms with Crippen LogP contribution in [0.3, 0.4) is 0 Å². The Labute approximate surface area is 153 Å². The quantitative estimate of drug-likeness (QED) is 0.424. The van der Waals surface area contributed by atoms with Crippen LogP contribution in [0.25, 0.3) is 23.0 Å². The van der Waals surface area contributed by atoms with Gasteiger partial charge in [-0.3, -0.25) is 0 Å². The lowest BCUT2D eigenvalue weighted by atomic mass is 10.0. The minimum Gasteiger partial charge on any atom is -0.450 e. The zero-order chi connectivity index (χ0) is 17.2. The van der Waals surface area contributed by atoms with Crippen LogP contribution in [-0.2, 0) is 9.53 Å². The summed E-state index contributed by atoms with van der Waals surface area (Å²) in [6, 6.07) is 21.6. The molecule has 122 valence electrons. The Hall–Kier alpha value is -2.85. The summed E-state index contributed by atoms with van der Waals surface area (Å²) in [5.41, 5.74) is 3.59. The molecule has 2 aromatic carbocycles. The molecule has 0 spiro atoms. The fraction of sp³-hybridized carbons (Fsp3) is 0. The number of carbonyl (C=O) groups is 1. The minimum atomic E-state index is -0.380. The highest BCUT2D eigenvalue weighted by Crippen LogP contribution is 2.29. The summed E-state index contributed by atoms with van der Waals surface area (Å²) in [7, 11) is 0. The number of halogens is 1. The minimum absolute atomic E-state index is 0.380. The molecule has 0 aliphatic carbocycles. The normalized spacial score (nSPS) is 15.3. The lowest BCUT2D eigenvalue weighted by Gasteiger charge is -2.04. The van der Waals surface area contributed by atoms with E-state index < -0.39 is 0 Å². The first-order valence-corrected chi connectivity index (χ1v) is 8.55. The summed E-state index contributed by atoms with van der Waals surface area (Å²) < 4.78 is 11.4. The zero-order valence-electron chi connectivity index (χ0n) is 13.1. The van der Waals surface area contributed by atoms with Crippen LogP contribution in [0.1, 0.15) is 11.3 Å². The zero-order valence-corrected chi connectivity index (χ0v) is 14.7. The van der Waals surface area contributed by atoms with Gasteiger partial charge in [0.05, 0.1) is 5.57 Å². The van der Waals surface area contributed by atoms with Crippen LogP contribution in [0.2, 0.25) is 0 Å². The van der Waals surface area contributed by atoms with Gasteiger partial charge in [-0.05, 0) is 51.3 Å². The molecule has 0 saturated heterocycles. The number of benzene rings is 2. The van der Waals surface area contributed by atoms with E-state index in [4.69, 9.17) is 9.15 Å². The van der Waals surface area contributed by atoms with Gasteiger partial charge in [0.2, 0.25) is 0 Å². The van der Waals surface area contributed by atoms with E-state index in [2.05, 4.69) is 28.1 Å². The Morgan fingerprint density at radius 2 is 1.48 bits per heavy atom. The summed E-state index contributed by atoms with van der Waals surface area (Å²) in [6.07, 6.45) is 3.40. The maximum atomic E-state index is 12.1. The first kappa shape index (κ1) is 15.7. The van der Waals surface area contributed by atoms with E-state index in [1.54, 1.807) is 24.3 Å². The number of esters is 1. The summed E-state index contributed by atoms with van der Waals surface area (Å²) >= 11 is 3.24. The number of hydrogen-bond acceptors (Lipinski definition) is 3. The number of ether oxygens (including phenoxy) is 1. The van der Waals surface area contributed by atoms with Gasteiger partial charge in [-0.25, -0.2) is 4.79 Å². The van der Waals surface area contributed by atoms with Crippen molar-refractivity contribution in [3.8, 4) is 11.1 Å². The van der Waals surface area contributed by atoms with Crippen molar-refractivity contribution in [3.63, 3.8) is 0 Å². The van der Waals surface area contributed by atoms with Crippen molar-refractivity contribution in [2.45, 2.75) is 0 Å². The molecule has 1 aliphatic rings. The molecule has 0 saturated carbocycles. The molecule has 0 fully saturated rings. The molecule has 0 atom stereocenters. The smallest absolute Gasteiger partial charge is 0.343 e. The maximum Gasteiger partial charge on any atom is 0.343 e. The van der Waals surface area contributed by atoms with Crippen molar-refractivity contribution < 1.29 is 13.9 Å². The first-order valence-electron chi connectivity index (χ1n) is 7.76. The number of furan rings is 1. The average Bonchev–Trinajstić information content (AvgIpc) is 3.22. The third-order valence-corrected chi connectivity index (χ3v) is 4.32. The molecule has 4 rings (SSSR count). The number of cyclic esters (lactones) is 1. The first-order chi connectivity index (χ1) is 12.2. The van der Waals surface area contributed by atoms with Crippen molar-refractivity contribution in [3.05, 3.63) is 94.4 Å². The van der Waals surface area contributed by atoms with E-state index in [-0.39, 0.29) is 5.97 Å². The lowest BCUT2D eigenvalue weighted by Crippen LogP contribution is -1.96. The topological polar surface area (TPSA) is 39.4 Å². The molecule has 0 unspecified atom stereocenters. The second-order valence-corrected chi connectivity index (χ2v) is 6.36. The molecule has 3 aromatic rings. The van der Waals surface area contributed by atoms with E-state index in [9.17, 15) is 4.79 Å². The number of carbonyl (C=O) groups excluding carboxylic acids is 1. The van der Waals surface area contributed by atoms with Crippen LogP contribution >= 0.6 is 15.9 Å². The fourth-order valence-corrected chi connectivity index (χ4v) is 2.97. The molecule has 0 amide bonds. The molecule has 0 N–H and O–H groups in total. The molecule has 25 heavy (non-hydrogen) atoms. The fourth-order valence-electron chi connectivity index (χ4n) is 2.65. The third-order valence-electron chi connectivity index (χ3n) is 3.89. The van der Waals surface area contributed by atoms with Gasteiger partial charge in [-0.15, -0.1) is 0 Å². The van der Waals surface area contributed by atoms with Crippen LogP contribution < -0.4 is 0 Å². The van der Waals surface area contributed by atoms with Crippen LogP contribution in [0.4, 0.5) is 0 Å². The van der Waals surface area contributed by atoms with Gasteiger partial charge >= 0.3 is 5.97 Å². The SMILES string of the molecule is O=C1OC(c2ccc(-c3ccccc3)cc2)=C/C1=C/c1ccc(Br)o1. The van der Waals surface area contributed by atoms with Gasteiger partial charge < -0.3 is 9.15 Å². The van der Waals surface area contributed by atoms with Gasteiger partial charge in [-0.1, -0.05) is 54.6 Å². The summed E-state index contributed by atoms with van der Waals surface area (Å²) in [5.74, 6) is 0.756. The van der Waals surface area contributed by atoms with Gasteiger partial charge in [0.25, 0.3) is 0 Å². The molecule has 1 aliphatic heterocycles. The Morgan fingerprint density at radius 1 is 0.800 bits per heavy atom. The molecule has 0 radical (unpaired) electrons. The highest BCUT2D eigenvalue weighted by Gasteiger charge is 2.22. The van der Waals surface area contributed by atoms with E-state index >= 15 is 0 Å². The Morgan fingerprint density at radius 3 is 2.16 bits per heavy atom. The molecule has 0 bridgehead atoms. The lowest BCUT2D eigenvalue weighted by molar-refractivity contribution is -0.130. The van der Waals surface area contributed by atoms with Gasteiger partial charge in [0.15, 0.2) is 4.67 Å². The molecule has 1 aromatic heterocycles. The van der Waals surface area contributed by atoms with Gasteiger partial charge in [0.1, 0.15) is 11.5 Å². The van der Waals surface area contributed by atoms with Crippen molar-refractivity contribution in [1.29, 1.82) is 0 Å². The van der Waals surface area contributed by atoms with Crippen molar-refractivity contribution >= 4 is 33.7 Å². The van der Waals surface area contributed by atoms with E-state index in [0.29, 0.717) is 21.8 Å². The molecule has 2 heterocycles. The predicted octanol–water partition coefficient (Wildman–Crippen LogP) is 5.69. The molecule has 4 heteroatoms. The molecular weight excluding hydrogens is 380 g/mol. The second kappa shape index (κ2) is 6.57. The number of rotatable bonds is 3. The van der Waals surface area contributed by atoms with Crippen molar-refractivity contribution in [1.82, 2.24) is 0 Å². The molecule has 3 nitrogen and oxygen atoms in total. The Kier molecular flexibility index (Phi) is 4.12. The maximum absolute atomic E-state index is 12.1. The van der Waals surface area contributed by atoms with Crippen molar-refractivity contribution in [2.24, 2.45) is 0 Å².